The minimum Gasteiger partial charge on any atom is -0.452 e. The summed E-state index contributed by atoms with van der Waals surface area (Å²) in [5.74, 6) is -6.07. The maximum absolute atomic E-state index is 13.6. The fraction of sp³-hybridized carbons (Fsp3) is 0.0588. The normalized spacial score (nSPS) is 10.4. The van der Waals surface area contributed by atoms with Gasteiger partial charge < -0.3 is 4.74 Å². The van der Waals surface area contributed by atoms with Crippen molar-refractivity contribution < 1.29 is 27.5 Å². The SMILES string of the molecule is N#Cc1cccc(C(=O)OCC(=O)Nc2nc3c(F)c(F)c(F)cc3s2)c1. The number of fused-ring (bicyclic) bond motifs is 1. The van der Waals surface area contributed by atoms with Gasteiger partial charge in [0.1, 0.15) is 5.52 Å². The maximum Gasteiger partial charge on any atom is 0.338 e. The summed E-state index contributed by atoms with van der Waals surface area (Å²) in [5.41, 5.74) is -0.0701. The molecule has 1 aromatic heterocycles. The van der Waals surface area contributed by atoms with E-state index >= 15 is 0 Å². The second-order valence-corrected chi connectivity index (χ2v) is 6.20. The Kier molecular flexibility index (Phi) is 5.05. The molecule has 2 aromatic carbocycles. The van der Waals surface area contributed by atoms with Crippen molar-refractivity contribution in [3.63, 3.8) is 0 Å². The van der Waals surface area contributed by atoms with Gasteiger partial charge in [0, 0.05) is 0 Å². The van der Waals surface area contributed by atoms with Gasteiger partial charge >= 0.3 is 5.97 Å². The summed E-state index contributed by atoms with van der Waals surface area (Å²) in [4.78, 5) is 27.4. The lowest BCUT2D eigenvalue weighted by Gasteiger charge is -2.04. The Hall–Kier alpha value is -3.45. The number of hydrogen-bond acceptors (Lipinski definition) is 6. The molecule has 1 heterocycles. The van der Waals surface area contributed by atoms with Crippen molar-refractivity contribution in [1.29, 1.82) is 5.26 Å². The average Bonchev–Trinajstić information content (AvgIpc) is 3.06. The Labute approximate surface area is 153 Å². The number of carbonyl (C=O) groups is 2. The van der Waals surface area contributed by atoms with E-state index < -0.39 is 41.5 Å². The quantitative estimate of drug-likeness (QED) is 0.544. The number of halogens is 3. The number of thiazole rings is 1. The number of esters is 1. The van der Waals surface area contributed by atoms with Crippen LogP contribution in [0.5, 0.6) is 0 Å². The van der Waals surface area contributed by atoms with Crippen molar-refractivity contribution in [3.8, 4) is 6.07 Å². The van der Waals surface area contributed by atoms with Gasteiger partial charge in [-0.3, -0.25) is 10.1 Å². The third-order valence-electron chi connectivity index (χ3n) is 3.33. The van der Waals surface area contributed by atoms with Crippen LogP contribution < -0.4 is 5.32 Å². The van der Waals surface area contributed by atoms with Gasteiger partial charge in [0.2, 0.25) is 0 Å². The van der Waals surface area contributed by atoms with Crippen LogP contribution in [0.4, 0.5) is 18.3 Å². The molecule has 3 aromatic rings. The zero-order valence-electron chi connectivity index (χ0n) is 13.3. The van der Waals surface area contributed by atoms with Gasteiger partial charge in [-0.2, -0.15) is 5.26 Å². The lowest BCUT2D eigenvalue weighted by atomic mass is 10.1. The Balaban J connectivity index is 1.66. The van der Waals surface area contributed by atoms with Crippen molar-refractivity contribution in [2.75, 3.05) is 11.9 Å². The van der Waals surface area contributed by atoms with Crippen LogP contribution in [0, 0.1) is 28.8 Å². The molecule has 0 unspecified atom stereocenters. The molecule has 0 fully saturated rings. The monoisotopic (exact) mass is 391 g/mol. The van der Waals surface area contributed by atoms with Crippen LogP contribution in [0.2, 0.25) is 0 Å². The first-order chi connectivity index (χ1) is 12.9. The smallest absolute Gasteiger partial charge is 0.338 e. The summed E-state index contributed by atoms with van der Waals surface area (Å²) in [6, 6.07) is 8.35. The van der Waals surface area contributed by atoms with E-state index in [2.05, 4.69) is 10.3 Å². The van der Waals surface area contributed by atoms with Crippen molar-refractivity contribution in [1.82, 2.24) is 4.98 Å². The zero-order valence-corrected chi connectivity index (χ0v) is 14.1. The van der Waals surface area contributed by atoms with Crippen molar-refractivity contribution in [2.24, 2.45) is 0 Å². The van der Waals surface area contributed by atoms with Crippen molar-refractivity contribution in [3.05, 3.63) is 58.9 Å². The highest BCUT2D eigenvalue weighted by Gasteiger charge is 2.19. The third kappa shape index (κ3) is 3.88. The molecule has 27 heavy (non-hydrogen) atoms. The standard InChI is InChI=1S/C17H8F3N3O3S/c18-10-5-11-15(14(20)13(10)19)23-17(27-11)22-12(24)7-26-16(25)9-3-1-2-8(4-9)6-21/h1-5H,7H2,(H,22,23,24). The third-order valence-corrected chi connectivity index (χ3v) is 4.25. The van der Waals surface area contributed by atoms with E-state index in [-0.39, 0.29) is 21.0 Å². The van der Waals surface area contributed by atoms with Crippen LogP contribution in [0.25, 0.3) is 10.2 Å². The first-order valence-corrected chi connectivity index (χ1v) is 8.12. The van der Waals surface area contributed by atoms with Gasteiger partial charge in [0.05, 0.1) is 21.9 Å². The molecule has 0 radical (unpaired) electrons. The average molecular weight is 391 g/mol. The summed E-state index contributed by atoms with van der Waals surface area (Å²) >= 11 is 0.732. The van der Waals surface area contributed by atoms with Gasteiger partial charge in [0.15, 0.2) is 29.2 Å². The van der Waals surface area contributed by atoms with E-state index in [0.717, 1.165) is 17.4 Å². The molecule has 10 heteroatoms. The molecule has 6 nitrogen and oxygen atoms in total. The minimum absolute atomic E-state index is 0.00649. The van der Waals surface area contributed by atoms with Gasteiger partial charge in [-0.15, -0.1) is 0 Å². The number of nitriles is 1. The van der Waals surface area contributed by atoms with E-state index in [1.54, 1.807) is 0 Å². The van der Waals surface area contributed by atoms with E-state index in [4.69, 9.17) is 10.00 Å². The van der Waals surface area contributed by atoms with Gasteiger partial charge in [0.25, 0.3) is 5.91 Å². The molecule has 0 saturated carbocycles. The molecule has 0 atom stereocenters. The minimum atomic E-state index is -1.65. The highest BCUT2D eigenvalue weighted by atomic mass is 32.1. The molecule has 0 aliphatic heterocycles. The number of nitrogens with one attached hydrogen (secondary N) is 1. The van der Waals surface area contributed by atoms with Crippen LogP contribution in [0.15, 0.2) is 30.3 Å². The molecule has 0 saturated heterocycles. The first kappa shape index (κ1) is 18.3. The molecule has 0 aliphatic rings. The lowest BCUT2D eigenvalue weighted by Crippen LogP contribution is -2.20. The van der Waals surface area contributed by atoms with Crippen LogP contribution in [0.3, 0.4) is 0 Å². The molecule has 1 amide bonds. The highest BCUT2D eigenvalue weighted by molar-refractivity contribution is 7.22. The zero-order chi connectivity index (χ0) is 19.6. The summed E-state index contributed by atoms with van der Waals surface area (Å²) in [6.45, 7) is -0.670. The number of benzene rings is 2. The summed E-state index contributed by atoms with van der Waals surface area (Å²) in [7, 11) is 0. The van der Waals surface area contributed by atoms with E-state index in [0.29, 0.717) is 0 Å². The summed E-state index contributed by atoms with van der Waals surface area (Å²) in [5, 5.41) is 10.9. The Morgan fingerprint density at radius 3 is 2.74 bits per heavy atom. The first-order valence-electron chi connectivity index (χ1n) is 7.30. The number of ether oxygens (including phenoxy) is 1. The lowest BCUT2D eigenvalue weighted by molar-refractivity contribution is -0.119. The summed E-state index contributed by atoms with van der Waals surface area (Å²) < 4.78 is 44.9. The number of anilines is 1. The molecule has 0 aliphatic carbocycles. The molecule has 1 N–H and O–H groups in total. The van der Waals surface area contributed by atoms with Crippen molar-refractivity contribution in [2.45, 2.75) is 0 Å². The predicted molar refractivity (Wildman–Crippen MR) is 89.6 cm³/mol. The highest BCUT2D eigenvalue weighted by Crippen LogP contribution is 2.30. The van der Waals surface area contributed by atoms with E-state index in [1.807, 2.05) is 6.07 Å². The molecular weight excluding hydrogens is 383 g/mol. The number of rotatable bonds is 4. The van der Waals surface area contributed by atoms with Gasteiger partial charge in [-0.25, -0.2) is 22.9 Å². The molecule has 0 bridgehead atoms. The molecule has 0 spiro atoms. The number of carbonyl (C=O) groups excluding carboxylic acids is 2. The van der Waals surface area contributed by atoms with Gasteiger partial charge in [-0.05, 0) is 24.3 Å². The Morgan fingerprint density at radius 1 is 1.22 bits per heavy atom. The fourth-order valence-corrected chi connectivity index (χ4v) is 3.02. The van der Waals surface area contributed by atoms with Crippen molar-refractivity contribution >= 4 is 38.6 Å². The van der Waals surface area contributed by atoms with Crippen LogP contribution in [-0.4, -0.2) is 23.5 Å². The second kappa shape index (κ2) is 7.43. The molecular formula is C17H8F3N3O3S. The molecule has 3 rings (SSSR count). The predicted octanol–water partition coefficient (Wildman–Crippen LogP) is 3.38. The van der Waals surface area contributed by atoms with E-state index in [1.165, 1.54) is 24.3 Å². The Morgan fingerprint density at radius 2 is 2.00 bits per heavy atom. The van der Waals surface area contributed by atoms with Crippen LogP contribution >= 0.6 is 11.3 Å². The topological polar surface area (TPSA) is 92.1 Å². The number of aromatic nitrogens is 1. The number of hydrogen-bond donors (Lipinski definition) is 1. The van der Waals surface area contributed by atoms with E-state index in [9.17, 15) is 22.8 Å². The fourth-order valence-electron chi connectivity index (χ4n) is 2.11. The largest absolute Gasteiger partial charge is 0.452 e. The van der Waals surface area contributed by atoms with Crippen LogP contribution in [0.1, 0.15) is 15.9 Å². The maximum atomic E-state index is 13.6. The molecule has 136 valence electrons. The summed E-state index contributed by atoms with van der Waals surface area (Å²) in [6.07, 6.45) is 0. The second-order valence-electron chi connectivity index (χ2n) is 5.17. The van der Waals surface area contributed by atoms with Gasteiger partial charge in [-0.1, -0.05) is 17.4 Å². The van der Waals surface area contributed by atoms with Crippen LogP contribution in [-0.2, 0) is 9.53 Å². The Bertz CT molecular complexity index is 1110. The number of amides is 1. The number of nitrogens with zero attached hydrogens (tertiary/aromatic N) is 2.